The zero-order chi connectivity index (χ0) is 18.8. The molecular formula is C22H20N4O. The summed E-state index contributed by atoms with van der Waals surface area (Å²) in [5, 5.41) is 25.1. The van der Waals surface area contributed by atoms with Crippen molar-refractivity contribution < 1.29 is 4.74 Å². The second-order valence-corrected chi connectivity index (χ2v) is 6.71. The molecule has 0 saturated carbocycles. The Morgan fingerprint density at radius 1 is 1.11 bits per heavy atom. The lowest BCUT2D eigenvalue weighted by Gasteiger charge is -2.28. The maximum atomic E-state index is 9.71. The Morgan fingerprint density at radius 3 is 2.48 bits per heavy atom. The predicted octanol–water partition coefficient (Wildman–Crippen LogP) is 4.67. The summed E-state index contributed by atoms with van der Waals surface area (Å²) < 4.78 is 5.53. The van der Waals surface area contributed by atoms with Gasteiger partial charge in [0.25, 0.3) is 0 Å². The smallest absolute Gasteiger partial charge is 0.243 e. The number of aromatic amines is 1. The van der Waals surface area contributed by atoms with Crippen LogP contribution in [0.2, 0.25) is 0 Å². The van der Waals surface area contributed by atoms with Crippen LogP contribution in [0.1, 0.15) is 36.1 Å². The SMILES string of the molecule is CCCc1[nH]nc2c1C(c1ccc(-c3ccccc3)cc1)C(C#N)C(=N)O2. The number of hydrogen-bond donors (Lipinski definition) is 2. The van der Waals surface area contributed by atoms with Gasteiger partial charge in [-0.15, -0.1) is 5.10 Å². The zero-order valence-corrected chi connectivity index (χ0v) is 15.1. The number of nitriles is 1. The van der Waals surface area contributed by atoms with E-state index in [0.717, 1.165) is 40.8 Å². The Kier molecular flexibility index (Phi) is 4.47. The van der Waals surface area contributed by atoms with Crippen molar-refractivity contribution in [1.82, 2.24) is 10.2 Å². The van der Waals surface area contributed by atoms with Gasteiger partial charge in [-0.05, 0) is 23.1 Å². The van der Waals surface area contributed by atoms with Crippen LogP contribution < -0.4 is 4.74 Å². The van der Waals surface area contributed by atoms with Crippen LogP contribution in [-0.4, -0.2) is 16.1 Å². The van der Waals surface area contributed by atoms with Gasteiger partial charge in [0.1, 0.15) is 5.92 Å². The molecule has 2 atom stereocenters. The van der Waals surface area contributed by atoms with E-state index in [9.17, 15) is 5.26 Å². The topological polar surface area (TPSA) is 85.5 Å². The fourth-order valence-corrected chi connectivity index (χ4v) is 3.70. The van der Waals surface area contributed by atoms with Gasteiger partial charge in [-0.3, -0.25) is 10.5 Å². The van der Waals surface area contributed by atoms with Gasteiger partial charge in [-0.25, -0.2) is 0 Å². The Morgan fingerprint density at radius 2 is 1.81 bits per heavy atom. The zero-order valence-electron chi connectivity index (χ0n) is 15.1. The molecule has 0 saturated heterocycles. The maximum Gasteiger partial charge on any atom is 0.243 e. The molecule has 1 aromatic heterocycles. The van der Waals surface area contributed by atoms with Crippen molar-refractivity contribution in [3.63, 3.8) is 0 Å². The number of H-pyrrole nitrogens is 1. The van der Waals surface area contributed by atoms with E-state index in [1.165, 1.54) is 0 Å². The minimum Gasteiger partial charge on any atom is -0.422 e. The molecule has 0 radical (unpaired) electrons. The molecule has 0 bridgehead atoms. The van der Waals surface area contributed by atoms with E-state index < -0.39 is 5.92 Å². The van der Waals surface area contributed by atoms with Crippen molar-refractivity contribution in [2.24, 2.45) is 5.92 Å². The first-order valence-electron chi connectivity index (χ1n) is 9.11. The molecule has 4 rings (SSSR count). The molecule has 0 spiro atoms. The average molecular weight is 356 g/mol. The number of nitrogens with one attached hydrogen (secondary N) is 2. The van der Waals surface area contributed by atoms with E-state index in [1.807, 2.05) is 30.3 Å². The molecule has 2 aromatic carbocycles. The summed E-state index contributed by atoms with van der Waals surface area (Å²) in [5.41, 5.74) is 5.16. The monoisotopic (exact) mass is 356 g/mol. The molecule has 3 aromatic rings. The molecule has 2 N–H and O–H groups in total. The lowest BCUT2D eigenvalue weighted by molar-refractivity contribution is 0.436. The van der Waals surface area contributed by atoms with Crippen LogP contribution >= 0.6 is 0 Å². The highest BCUT2D eigenvalue weighted by atomic mass is 16.5. The number of aryl methyl sites for hydroxylation is 1. The standard InChI is InChI=1S/C22H20N4O/c1-2-6-18-20-19(17(13-23)21(24)27-22(20)26-25-18)16-11-9-15(10-12-16)14-7-4-3-5-8-14/h3-5,7-12,17,19,24H,2,6H2,1H3,(H,25,26). The van der Waals surface area contributed by atoms with Crippen molar-refractivity contribution in [2.75, 3.05) is 0 Å². The van der Waals surface area contributed by atoms with Crippen molar-refractivity contribution >= 4 is 5.90 Å². The molecule has 1 aliphatic rings. The molecule has 2 unspecified atom stereocenters. The molecule has 0 amide bonds. The molecule has 1 aliphatic heterocycles. The summed E-state index contributed by atoms with van der Waals surface area (Å²) in [5.74, 6) is -0.534. The average Bonchev–Trinajstić information content (AvgIpc) is 3.10. The molecule has 134 valence electrons. The first-order valence-corrected chi connectivity index (χ1v) is 9.11. The molecule has 0 aliphatic carbocycles. The van der Waals surface area contributed by atoms with Crippen molar-refractivity contribution in [3.8, 4) is 23.1 Å². The fraction of sp³-hybridized carbons (Fsp3) is 0.227. The molecule has 5 heteroatoms. The third-order valence-corrected chi connectivity index (χ3v) is 5.00. The number of benzene rings is 2. The van der Waals surface area contributed by atoms with E-state index in [1.54, 1.807) is 0 Å². The van der Waals surface area contributed by atoms with Gasteiger partial charge >= 0.3 is 0 Å². The van der Waals surface area contributed by atoms with Crippen LogP contribution in [0.5, 0.6) is 5.88 Å². The summed E-state index contributed by atoms with van der Waals surface area (Å²) in [6.45, 7) is 2.10. The van der Waals surface area contributed by atoms with E-state index >= 15 is 0 Å². The van der Waals surface area contributed by atoms with Gasteiger partial charge in [0.15, 0.2) is 0 Å². The molecule has 2 heterocycles. The number of fused-ring (bicyclic) bond motifs is 1. The van der Waals surface area contributed by atoms with Gasteiger partial charge in [0.05, 0.1) is 6.07 Å². The van der Waals surface area contributed by atoms with E-state index in [0.29, 0.717) is 5.88 Å². The van der Waals surface area contributed by atoms with E-state index in [-0.39, 0.29) is 11.8 Å². The third-order valence-electron chi connectivity index (χ3n) is 5.00. The van der Waals surface area contributed by atoms with Crippen LogP contribution in [0.3, 0.4) is 0 Å². The minimum absolute atomic E-state index is 0.0447. The summed E-state index contributed by atoms with van der Waals surface area (Å²) in [6.07, 6.45) is 1.79. The highest BCUT2D eigenvalue weighted by Crippen LogP contribution is 2.43. The van der Waals surface area contributed by atoms with Crippen LogP contribution in [0.4, 0.5) is 0 Å². The van der Waals surface area contributed by atoms with Gasteiger partial charge in [-0.1, -0.05) is 67.9 Å². The number of rotatable bonds is 4. The number of ether oxygens (including phenoxy) is 1. The molecule has 5 nitrogen and oxygen atoms in total. The first-order chi connectivity index (χ1) is 13.2. The Balaban J connectivity index is 1.78. The lowest BCUT2D eigenvalue weighted by atomic mass is 9.79. The van der Waals surface area contributed by atoms with Crippen LogP contribution in [0, 0.1) is 22.7 Å². The second kappa shape index (κ2) is 7.08. The van der Waals surface area contributed by atoms with Crippen molar-refractivity contribution in [2.45, 2.75) is 25.7 Å². The van der Waals surface area contributed by atoms with Gasteiger partial charge < -0.3 is 4.74 Å². The highest BCUT2D eigenvalue weighted by molar-refractivity contribution is 5.85. The fourth-order valence-electron chi connectivity index (χ4n) is 3.70. The van der Waals surface area contributed by atoms with E-state index in [4.69, 9.17) is 10.1 Å². The largest absolute Gasteiger partial charge is 0.422 e. The van der Waals surface area contributed by atoms with Crippen LogP contribution in [-0.2, 0) is 6.42 Å². The van der Waals surface area contributed by atoms with Crippen molar-refractivity contribution in [1.29, 1.82) is 10.7 Å². The Labute approximate surface area is 158 Å². The normalized spacial score (nSPS) is 18.4. The summed E-state index contributed by atoms with van der Waals surface area (Å²) in [7, 11) is 0. The van der Waals surface area contributed by atoms with Gasteiger partial charge in [0, 0.05) is 17.2 Å². The minimum atomic E-state index is -0.659. The number of hydrogen-bond acceptors (Lipinski definition) is 4. The molecule has 0 fully saturated rings. The van der Waals surface area contributed by atoms with Gasteiger partial charge in [-0.2, -0.15) is 5.26 Å². The third kappa shape index (κ3) is 3.00. The maximum absolute atomic E-state index is 9.71. The second-order valence-electron chi connectivity index (χ2n) is 6.71. The summed E-state index contributed by atoms with van der Waals surface area (Å²) >= 11 is 0. The predicted molar refractivity (Wildman–Crippen MR) is 104 cm³/mol. The van der Waals surface area contributed by atoms with E-state index in [2.05, 4.69) is 47.5 Å². The summed E-state index contributed by atoms with van der Waals surface area (Å²) in [4.78, 5) is 0. The molecular weight excluding hydrogens is 336 g/mol. The van der Waals surface area contributed by atoms with Crippen LogP contribution in [0.15, 0.2) is 54.6 Å². The quantitative estimate of drug-likeness (QED) is 0.712. The van der Waals surface area contributed by atoms with Crippen molar-refractivity contribution in [3.05, 3.63) is 71.4 Å². The Hall–Kier alpha value is -3.39. The highest BCUT2D eigenvalue weighted by Gasteiger charge is 2.40. The lowest BCUT2D eigenvalue weighted by Crippen LogP contribution is -2.31. The number of nitrogens with zero attached hydrogens (tertiary/aromatic N) is 2. The number of aromatic nitrogens is 2. The molecule has 27 heavy (non-hydrogen) atoms. The van der Waals surface area contributed by atoms with Crippen LogP contribution in [0.25, 0.3) is 11.1 Å². The summed E-state index contributed by atoms with van der Waals surface area (Å²) in [6, 6.07) is 20.7. The van der Waals surface area contributed by atoms with Gasteiger partial charge in [0.2, 0.25) is 11.8 Å². The first kappa shape index (κ1) is 17.0. The Bertz CT molecular complexity index is 999.